The SMILES string of the molecule is C/C(NN)=C(\CCCOC1=CC(C(=O)N=O)=CCC1)C(C)N. The number of nitrogens with two attached hydrogens (primary N) is 2. The standard InChI is InChI=1S/C15H24N4O3/c1-10(16)14(11(2)18-17)7-4-8-22-13-6-3-5-12(9-13)15(20)19-21/h5,9-10,18H,3-4,6-8,16-17H2,1-2H3/b14-11-. The summed E-state index contributed by atoms with van der Waals surface area (Å²) in [4.78, 5) is 21.5. The Morgan fingerprint density at radius 1 is 1.55 bits per heavy atom. The van der Waals surface area contributed by atoms with E-state index in [0.29, 0.717) is 24.4 Å². The number of nitrogens with zero attached hydrogens (tertiary/aromatic N) is 1. The summed E-state index contributed by atoms with van der Waals surface area (Å²) >= 11 is 0. The Morgan fingerprint density at radius 2 is 2.27 bits per heavy atom. The maximum Gasteiger partial charge on any atom is 0.316 e. The minimum atomic E-state index is -0.757. The fourth-order valence-electron chi connectivity index (χ4n) is 2.31. The van der Waals surface area contributed by atoms with E-state index in [2.05, 4.69) is 10.6 Å². The average Bonchev–Trinajstić information content (AvgIpc) is 2.53. The van der Waals surface area contributed by atoms with E-state index in [4.69, 9.17) is 16.3 Å². The first-order chi connectivity index (χ1) is 10.5. The second-order valence-corrected chi connectivity index (χ2v) is 5.24. The number of allylic oxidation sites excluding steroid dienone is 3. The van der Waals surface area contributed by atoms with Gasteiger partial charge in [-0.1, -0.05) is 6.08 Å². The Hall–Kier alpha value is -1.99. The minimum Gasteiger partial charge on any atom is -0.498 e. The van der Waals surface area contributed by atoms with Gasteiger partial charge in [-0.3, -0.25) is 10.6 Å². The minimum absolute atomic E-state index is 0.0734. The highest BCUT2D eigenvalue weighted by Crippen LogP contribution is 2.20. The molecular formula is C15H24N4O3. The molecule has 7 heteroatoms. The summed E-state index contributed by atoms with van der Waals surface area (Å²) < 4.78 is 5.66. The molecule has 1 aliphatic rings. The van der Waals surface area contributed by atoms with Crippen molar-refractivity contribution in [3.8, 4) is 0 Å². The molecule has 0 bridgehead atoms. The van der Waals surface area contributed by atoms with Gasteiger partial charge in [0.05, 0.1) is 12.4 Å². The van der Waals surface area contributed by atoms with Crippen LogP contribution in [0.25, 0.3) is 0 Å². The van der Waals surface area contributed by atoms with Gasteiger partial charge in [0.2, 0.25) is 0 Å². The van der Waals surface area contributed by atoms with E-state index >= 15 is 0 Å². The van der Waals surface area contributed by atoms with Crippen LogP contribution in [-0.2, 0) is 9.53 Å². The van der Waals surface area contributed by atoms with Gasteiger partial charge in [0.1, 0.15) is 0 Å². The van der Waals surface area contributed by atoms with Gasteiger partial charge in [-0.25, -0.2) is 0 Å². The molecule has 0 aliphatic heterocycles. The summed E-state index contributed by atoms with van der Waals surface area (Å²) in [5, 5.41) is 2.42. The van der Waals surface area contributed by atoms with Crippen molar-refractivity contribution in [3.63, 3.8) is 0 Å². The molecule has 0 fully saturated rings. The number of carbonyl (C=O) groups is 1. The summed E-state index contributed by atoms with van der Waals surface area (Å²) in [6, 6.07) is -0.0734. The molecule has 5 N–H and O–H groups in total. The van der Waals surface area contributed by atoms with Crippen molar-refractivity contribution in [2.24, 2.45) is 16.8 Å². The molecule has 1 unspecified atom stereocenters. The van der Waals surface area contributed by atoms with E-state index in [1.807, 2.05) is 13.8 Å². The normalized spacial score (nSPS) is 16.9. The molecule has 7 nitrogen and oxygen atoms in total. The highest BCUT2D eigenvalue weighted by molar-refractivity contribution is 5.96. The lowest BCUT2D eigenvalue weighted by Crippen LogP contribution is -2.27. The Kier molecular flexibility index (Phi) is 7.48. The van der Waals surface area contributed by atoms with Gasteiger partial charge < -0.3 is 15.9 Å². The summed E-state index contributed by atoms with van der Waals surface area (Å²) in [5.74, 6) is 5.36. The monoisotopic (exact) mass is 308 g/mol. The van der Waals surface area contributed by atoms with E-state index in [-0.39, 0.29) is 6.04 Å². The van der Waals surface area contributed by atoms with Gasteiger partial charge in [-0.15, -0.1) is 4.91 Å². The molecule has 1 rings (SSSR count). The van der Waals surface area contributed by atoms with Crippen LogP contribution in [0.4, 0.5) is 0 Å². The van der Waals surface area contributed by atoms with Crippen molar-refractivity contribution in [3.05, 3.63) is 39.7 Å². The molecule has 0 heterocycles. The van der Waals surface area contributed by atoms with Crippen molar-refractivity contribution in [1.82, 2.24) is 5.43 Å². The lowest BCUT2D eigenvalue weighted by atomic mass is 10.0. The van der Waals surface area contributed by atoms with Gasteiger partial charge in [0.25, 0.3) is 0 Å². The molecule has 22 heavy (non-hydrogen) atoms. The Morgan fingerprint density at radius 3 is 2.86 bits per heavy atom. The summed E-state index contributed by atoms with van der Waals surface area (Å²) in [6.07, 6.45) is 6.23. The van der Waals surface area contributed by atoms with Crippen LogP contribution in [0.5, 0.6) is 0 Å². The second kappa shape index (κ2) is 9.11. The Labute approximate surface area is 130 Å². The quantitative estimate of drug-likeness (QED) is 0.272. The fraction of sp³-hybridized carbons (Fsp3) is 0.533. The van der Waals surface area contributed by atoms with Crippen LogP contribution in [0.2, 0.25) is 0 Å². The van der Waals surface area contributed by atoms with E-state index in [1.165, 1.54) is 0 Å². The average molecular weight is 308 g/mol. The number of nitrogens with one attached hydrogen (secondary N) is 1. The van der Waals surface area contributed by atoms with Crippen molar-refractivity contribution in [1.29, 1.82) is 0 Å². The molecule has 1 aliphatic carbocycles. The zero-order chi connectivity index (χ0) is 16.5. The maximum absolute atomic E-state index is 11.2. The molecule has 1 atom stereocenters. The number of amides is 1. The maximum atomic E-state index is 11.2. The van der Waals surface area contributed by atoms with Gasteiger partial charge in [-0.2, -0.15) is 0 Å². The van der Waals surface area contributed by atoms with Crippen molar-refractivity contribution in [2.45, 2.75) is 45.6 Å². The number of rotatable bonds is 8. The first-order valence-electron chi connectivity index (χ1n) is 7.32. The molecule has 0 aromatic rings. The zero-order valence-corrected chi connectivity index (χ0v) is 13.1. The van der Waals surface area contributed by atoms with Gasteiger partial charge in [0.15, 0.2) is 0 Å². The van der Waals surface area contributed by atoms with Gasteiger partial charge in [0, 0.05) is 28.9 Å². The molecule has 0 aromatic heterocycles. The van der Waals surface area contributed by atoms with Crippen LogP contribution in [-0.4, -0.2) is 18.6 Å². The second-order valence-electron chi connectivity index (χ2n) is 5.24. The van der Waals surface area contributed by atoms with Gasteiger partial charge in [-0.05, 0) is 44.8 Å². The van der Waals surface area contributed by atoms with Crippen LogP contribution in [0.3, 0.4) is 0 Å². The molecule has 0 aromatic carbocycles. The van der Waals surface area contributed by atoms with Crippen LogP contribution in [0.15, 0.2) is 39.9 Å². The predicted molar refractivity (Wildman–Crippen MR) is 85.1 cm³/mol. The molecular weight excluding hydrogens is 284 g/mol. The number of hydrogen-bond donors (Lipinski definition) is 3. The highest BCUT2D eigenvalue weighted by atomic mass is 16.5. The number of ether oxygens (including phenoxy) is 1. The topological polar surface area (TPSA) is 120 Å². The van der Waals surface area contributed by atoms with E-state index in [1.54, 1.807) is 12.2 Å². The van der Waals surface area contributed by atoms with E-state index < -0.39 is 5.91 Å². The highest BCUT2D eigenvalue weighted by Gasteiger charge is 2.14. The first kappa shape index (κ1) is 18.1. The summed E-state index contributed by atoms with van der Waals surface area (Å²) in [6.45, 7) is 4.31. The largest absolute Gasteiger partial charge is 0.498 e. The Bertz CT molecular complexity index is 507. The third-order valence-corrected chi connectivity index (χ3v) is 3.53. The molecule has 122 valence electrons. The summed E-state index contributed by atoms with van der Waals surface area (Å²) in [5.41, 5.74) is 10.8. The number of hydrogen-bond acceptors (Lipinski definition) is 6. The van der Waals surface area contributed by atoms with Crippen LogP contribution in [0, 0.1) is 4.91 Å². The van der Waals surface area contributed by atoms with E-state index in [9.17, 15) is 9.70 Å². The predicted octanol–water partition coefficient (Wildman–Crippen LogP) is 1.76. The van der Waals surface area contributed by atoms with Crippen LogP contribution >= 0.6 is 0 Å². The smallest absolute Gasteiger partial charge is 0.316 e. The van der Waals surface area contributed by atoms with Crippen LogP contribution in [0.1, 0.15) is 39.5 Å². The third kappa shape index (κ3) is 5.42. The molecule has 0 saturated carbocycles. The van der Waals surface area contributed by atoms with Crippen molar-refractivity contribution in [2.75, 3.05) is 6.61 Å². The first-order valence-corrected chi connectivity index (χ1v) is 7.32. The third-order valence-electron chi connectivity index (χ3n) is 3.53. The van der Waals surface area contributed by atoms with Crippen LogP contribution < -0.4 is 17.0 Å². The lowest BCUT2D eigenvalue weighted by molar-refractivity contribution is -0.114. The molecule has 0 saturated heterocycles. The molecule has 0 spiro atoms. The number of carbonyl (C=O) groups excluding carboxylic acids is 1. The molecule has 0 radical (unpaired) electrons. The van der Waals surface area contributed by atoms with Crippen molar-refractivity contribution < 1.29 is 9.53 Å². The number of hydrazine groups is 1. The fourth-order valence-corrected chi connectivity index (χ4v) is 2.31. The number of nitroso groups, excluding NO2 is 1. The van der Waals surface area contributed by atoms with E-state index in [0.717, 1.165) is 30.5 Å². The van der Waals surface area contributed by atoms with Gasteiger partial charge >= 0.3 is 5.91 Å². The van der Waals surface area contributed by atoms with Crippen molar-refractivity contribution >= 4 is 5.91 Å². The molecule has 1 amide bonds. The zero-order valence-electron chi connectivity index (χ0n) is 13.1. The summed E-state index contributed by atoms with van der Waals surface area (Å²) in [7, 11) is 0. The Balaban J connectivity index is 2.48. The lowest BCUT2D eigenvalue weighted by Gasteiger charge is -2.17.